The highest BCUT2D eigenvalue weighted by atomic mass is 16.4. The third kappa shape index (κ3) is 7.02. The number of carboxylic acid groups (broad SMARTS) is 1. The average Bonchev–Trinajstić information content (AvgIpc) is 1.86. The quantitative estimate of drug-likeness (QED) is 0.479. The lowest BCUT2D eigenvalue weighted by Crippen LogP contribution is -2.22. The smallest absolute Gasteiger partial charge is 0.304 e. The van der Waals surface area contributed by atoms with Gasteiger partial charge in [-0.05, 0) is 6.42 Å². The summed E-state index contributed by atoms with van der Waals surface area (Å²) in [5, 5.41) is 8.31. The van der Waals surface area contributed by atoms with Crippen molar-refractivity contribution in [3.05, 3.63) is 12.2 Å². The van der Waals surface area contributed by atoms with E-state index in [1.165, 1.54) is 0 Å². The van der Waals surface area contributed by atoms with Gasteiger partial charge in [0, 0.05) is 12.6 Å². The van der Waals surface area contributed by atoms with Gasteiger partial charge >= 0.3 is 5.97 Å². The predicted molar refractivity (Wildman–Crippen MR) is 43.0 cm³/mol. The molecule has 0 fully saturated rings. The standard InChI is InChI=1S/C7H14N2O2/c8-4-2-1-3-6(9)5-7(10)11/h1-2,6H,3-5,8-9H2,(H,10,11). The van der Waals surface area contributed by atoms with Crippen LogP contribution in [-0.2, 0) is 4.79 Å². The van der Waals surface area contributed by atoms with Crippen molar-refractivity contribution in [1.82, 2.24) is 0 Å². The van der Waals surface area contributed by atoms with Gasteiger partial charge in [-0.15, -0.1) is 0 Å². The maximum atomic E-state index is 10.1. The molecule has 0 radical (unpaired) electrons. The molecule has 5 N–H and O–H groups in total. The van der Waals surface area contributed by atoms with Crippen LogP contribution in [0, 0.1) is 0 Å². The zero-order valence-corrected chi connectivity index (χ0v) is 6.36. The Morgan fingerprint density at radius 2 is 2.18 bits per heavy atom. The molecule has 0 bridgehead atoms. The monoisotopic (exact) mass is 158 g/mol. The number of carboxylic acids is 1. The fourth-order valence-electron chi connectivity index (χ4n) is 0.675. The molecule has 0 saturated heterocycles. The summed E-state index contributed by atoms with van der Waals surface area (Å²) < 4.78 is 0. The molecular formula is C7H14N2O2. The summed E-state index contributed by atoms with van der Waals surface area (Å²) in [6.45, 7) is 0.472. The van der Waals surface area contributed by atoms with Gasteiger partial charge in [0.25, 0.3) is 0 Å². The third-order valence-electron chi connectivity index (χ3n) is 1.18. The summed E-state index contributed by atoms with van der Waals surface area (Å²) in [4.78, 5) is 10.1. The van der Waals surface area contributed by atoms with Gasteiger partial charge in [-0.2, -0.15) is 0 Å². The first kappa shape index (κ1) is 10.1. The SMILES string of the molecule is NCC=CCC(N)CC(=O)O. The molecule has 0 saturated carbocycles. The van der Waals surface area contributed by atoms with Crippen LogP contribution in [0.25, 0.3) is 0 Å². The first-order valence-corrected chi connectivity index (χ1v) is 3.49. The van der Waals surface area contributed by atoms with Crippen molar-refractivity contribution in [1.29, 1.82) is 0 Å². The molecule has 4 heteroatoms. The van der Waals surface area contributed by atoms with E-state index in [2.05, 4.69) is 0 Å². The van der Waals surface area contributed by atoms with E-state index < -0.39 is 5.97 Å². The normalized spacial score (nSPS) is 13.6. The minimum absolute atomic E-state index is 0.00884. The first-order chi connectivity index (χ1) is 5.16. The largest absolute Gasteiger partial charge is 0.481 e. The fourth-order valence-corrected chi connectivity index (χ4v) is 0.675. The van der Waals surface area contributed by atoms with E-state index in [9.17, 15) is 4.79 Å². The van der Waals surface area contributed by atoms with Crippen LogP contribution in [0.5, 0.6) is 0 Å². The molecule has 1 unspecified atom stereocenters. The average molecular weight is 158 g/mol. The number of rotatable bonds is 5. The van der Waals surface area contributed by atoms with Gasteiger partial charge in [0.05, 0.1) is 6.42 Å². The Hall–Kier alpha value is -0.870. The summed E-state index contributed by atoms with van der Waals surface area (Å²) in [6, 6.07) is -0.296. The Labute approximate surface area is 65.9 Å². The summed E-state index contributed by atoms with van der Waals surface area (Å²) in [5.74, 6) is -0.862. The van der Waals surface area contributed by atoms with E-state index >= 15 is 0 Å². The molecule has 0 aliphatic carbocycles. The van der Waals surface area contributed by atoms with Gasteiger partial charge in [-0.1, -0.05) is 12.2 Å². The van der Waals surface area contributed by atoms with Gasteiger partial charge in [-0.25, -0.2) is 0 Å². The van der Waals surface area contributed by atoms with Gasteiger partial charge in [0.2, 0.25) is 0 Å². The van der Waals surface area contributed by atoms with Crippen LogP contribution in [0.3, 0.4) is 0 Å². The maximum Gasteiger partial charge on any atom is 0.304 e. The highest BCUT2D eigenvalue weighted by Crippen LogP contribution is 1.95. The Kier molecular flexibility index (Phi) is 5.42. The van der Waals surface area contributed by atoms with E-state index in [0.717, 1.165) is 0 Å². The van der Waals surface area contributed by atoms with Crippen molar-refractivity contribution >= 4 is 5.97 Å². The molecule has 0 aromatic carbocycles. The van der Waals surface area contributed by atoms with Crippen molar-refractivity contribution in [2.24, 2.45) is 11.5 Å². The van der Waals surface area contributed by atoms with Gasteiger partial charge in [0.1, 0.15) is 0 Å². The summed E-state index contributed by atoms with van der Waals surface area (Å²) in [7, 11) is 0. The molecule has 0 spiro atoms. The molecule has 4 nitrogen and oxygen atoms in total. The molecule has 1 atom stereocenters. The molecule has 0 amide bonds. The zero-order chi connectivity index (χ0) is 8.69. The lowest BCUT2D eigenvalue weighted by Gasteiger charge is -2.03. The highest BCUT2D eigenvalue weighted by molar-refractivity contribution is 5.67. The molecular weight excluding hydrogens is 144 g/mol. The molecule has 0 rings (SSSR count). The van der Waals surface area contributed by atoms with Crippen molar-refractivity contribution in [3.8, 4) is 0 Å². The lowest BCUT2D eigenvalue weighted by atomic mass is 10.1. The first-order valence-electron chi connectivity index (χ1n) is 3.49. The summed E-state index contributed by atoms with van der Waals surface area (Å²) in [5.41, 5.74) is 10.6. The lowest BCUT2D eigenvalue weighted by molar-refractivity contribution is -0.137. The van der Waals surface area contributed by atoms with Gasteiger partial charge < -0.3 is 16.6 Å². The van der Waals surface area contributed by atoms with E-state index in [0.29, 0.717) is 13.0 Å². The van der Waals surface area contributed by atoms with Crippen molar-refractivity contribution in [2.45, 2.75) is 18.9 Å². The van der Waals surface area contributed by atoms with Gasteiger partial charge in [-0.3, -0.25) is 4.79 Å². The molecule has 64 valence electrons. The second-order valence-corrected chi connectivity index (χ2v) is 2.30. The minimum Gasteiger partial charge on any atom is -0.481 e. The summed E-state index contributed by atoms with van der Waals surface area (Å²) in [6.07, 6.45) is 4.15. The molecule has 11 heavy (non-hydrogen) atoms. The van der Waals surface area contributed by atoms with Crippen LogP contribution in [-0.4, -0.2) is 23.7 Å². The second-order valence-electron chi connectivity index (χ2n) is 2.30. The fraction of sp³-hybridized carbons (Fsp3) is 0.571. The van der Waals surface area contributed by atoms with E-state index in [4.69, 9.17) is 16.6 Å². The molecule has 0 aromatic heterocycles. The van der Waals surface area contributed by atoms with Crippen molar-refractivity contribution in [2.75, 3.05) is 6.54 Å². The highest BCUT2D eigenvalue weighted by Gasteiger charge is 2.04. The predicted octanol–water partition coefficient (Wildman–Crippen LogP) is -0.307. The van der Waals surface area contributed by atoms with Crippen LogP contribution in [0.2, 0.25) is 0 Å². The Balaban J connectivity index is 3.44. The zero-order valence-electron chi connectivity index (χ0n) is 6.36. The van der Waals surface area contributed by atoms with Crippen LogP contribution >= 0.6 is 0 Å². The Bertz CT molecular complexity index is 145. The number of aliphatic carboxylic acids is 1. The minimum atomic E-state index is -0.862. The molecule has 0 heterocycles. The second kappa shape index (κ2) is 5.88. The van der Waals surface area contributed by atoms with E-state index in [1.54, 1.807) is 12.2 Å². The van der Waals surface area contributed by atoms with E-state index in [1.807, 2.05) is 0 Å². The maximum absolute atomic E-state index is 10.1. The van der Waals surface area contributed by atoms with Crippen LogP contribution in [0.4, 0.5) is 0 Å². The molecule has 0 aromatic rings. The molecule has 0 aliphatic rings. The van der Waals surface area contributed by atoms with Crippen LogP contribution in [0.1, 0.15) is 12.8 Å². The Morgan fingerprint density at radius 3 is 2.64 bits per heavy atom. The topological polar surface area (TPSA) is 89.3 Å². The number of hydrogen-bond acceptors (Lipinski definition) is 3. The third-order valence-corrected chi connectivity index (χ3v) is 1.18. The van der Waals surface area contributed by atoms with Gasteiger partial charge in [0.15, 0.2) is 0 Å². The van der Waals surface area contributed by atoms with Crippen molar-refractivity contribution in [3.63, 3.8) is 0 Å². The summed E-state index contributed by atoms with van der Waals surface area (Å²) >= 11 is 0. The number of nitrogens with two attached hydrogens (primary N) is 2. The molecule has 0 aliphatic heterocycles. The van der Waals surface area contributed by atoms with Crippen molar-refractivity contribution < 1.29 is 9.90 Å². The van der Waals surface area contributed by atoms with Crippen LogP contribution < -0.4 is 11.5 Å². The number of carbonyl (C=O) groups is 1. The number of hydrogen-bond donors (Lipinski definition) is 3. The Morgan fingerprint density at radius 1 is 1.55 bits per heavy atom. The van der Waals surface area contributed by atoms with E-state index in [-0.39, 0.29) is 12.5 Å². The van der Waals surface area contributed by atoms with Crippen LogP contribution in [0.15, 0.2) is 12.2 Å².